The lowest BCUT2D eigenvalue weighted by Gasteiger charge is -2.44. The number of allylic oxidation sites excluding steroid dienone is 4. The molecule has 5 heteroatoms. The van der Waals surface area contributed by atoms with Crippen molar-refractivity contribution in [2.24, 2.45) is 23.0 Å². The van der Waals surface area contributed by atoms with Crippen molar-refractivity contribution in [2.45, 2.75) is 32.1 Å². The number of fused-ring (bicyclic) bond motifs is 1. The molecule has 0 aromatic carbocycles. The molecule has 0 fully saturated rings. The van der Waals surface area contributed by atoms with Crippen LogP contribution in [0, 0.1) is 51.2 Å². The molecule has 0 saturated carbocycles. The maximum absolute atomic E-state index is 9.90. The van der Waals surface area contributed by atoms with Crippen LogP contribution >= 0.6 is 11.3 Å². The van der Waals surface area contributed by atoms with E-state index in [0.29, 0.717) is 11.5 Å². The highest BCUT2D eigenvalue weighted by molar-refractivity contribution is 7.10. The summed E-state index contributed by atoms with van der Waals surface area (Å²) < 4.78 is 0. The summed E-state index contributed by atoms with van der Waals surface area (Å²) in [5.41, 5.74) is 6.14. The molecule has 0 aliphatic heterocycles. The molecule has 0 radical (unpaired) electrons. The molecule has 2 aliphatic rings. The van der Waals surface area contributed by atoms with E-state index in [9.17, 15) is 15.8 Å². The Hall–Kier alpha value is -2.55. The summed E-state index contributed by atoms with van der Waals surface area (Å²) in [4.78, 5) is 0.991. The van der Waals surface area contributed by atoms with Crippen molar-refractivity contribution >= 4 is 11.3 Å². The van der Waals surface area contributed by atoms with Crippen molar-refractivity contribution in [1.29, 1.82) is 15.8 Å². The Labute approximate surface area is 146 Å². The molecule has 4 nitrogen and oxygen atoms in total. The number of nitrogens with two attached hydrogens (primary N) is 1. The zero-order valence-corrected chi connectivity index (χ0v) is 14.3. The minimum absolute atomic E-state index is 0.0106. The molecule has 1 aromatic heterocycles. The van der Waals surface area contributed by atoms with Gasteiger partial charge in [0.25, 0.3) is 0 Å². The summed E-state index contributed by atoms with van der Waals surface area (Å²) in [5, 5.41) is 31.4. The third-order valence-electron chi connectivity index (χ3n) is 5.40. The summed E-state index contributed by atoms with van der Waals surface area (Å²) >= 11 is 1.55. The van der Waals surface area contributed by atoms with E-state index in [1.807, 2.05) is 17.5 Å². The Morgan fingerprint density at radius 2 is 2.08 bits per heavy atom. The maximum Gasteiger partial charge on any atom is 0.192 e. The Kier molecular flexibility index (Phi) is 4.18. The molecular formula is C19H18N4S. The fourth-order valence-electron chi connectivity index (χ4n) is 4.07. The zero-order valence-electron chi connectivity index (χ0n) is 13.5. The van der Waals surface area contributed by atoms with Crippen molar-refractivity contribution in [3.63, 3.8) is 0 Å². The summed E-state index contributed by atoms with van der Waals surface area (Å²) in [5.74, 6) is 0.185. The summed E-state index contributed by atoms with van der Waals surface area (Å²) in [7, 11) is 0. The smallest absolute Gasteiger partial charge is 0.192 e. The third kappa shape index (κ3) is 2.15. The third-order valence-corrected chi connectivity index (χ3v) is 6.36. The van der Waals surface area contributed by atoms with Gasteiger partial charge in [-0.2, -0.15) is 15.8 Å². The lowest BCUT2D eigenvalue weighted by atomic mass is 9.57. The van der Waals surface area contributed by atoms with Crippen LogP contribution in [0.15, 0.2) is 40.4 Å². The predicted octanol–water partition coefficient (Wildman–Crippen LogP) is 3.98. The van der Waals surface area contributed by atoms with E-state index in [0.717, 1.165) is 29.7 Å². The van der Waals surface area contributed by atoms with Crippen LogP contribution in [0.5, 0.6) is 0 Å². The number of nitrogens with zero attached hydrogens (tertiary/aromatic N) is 3. The fourth-order valence-corrected chi connectivity index (χ4v) is 5.03. The monoisotopic (exact) mass is 334 g/mol. The van der Waals surface area contributed by atoms with Crippen LogP contribution in [0.25, 0.3) is 0 Å². The topological polar surface area (TPSA) is 97.4 Å². The van der Waals surface area contributed by atoms with Gasteiger partial charge in [0.2, 0.25) is 0 Å². The average Bonchev–Trinajstić information content (AvgIpc) is 3.14. The minimum Gasteiger partial charge on any atom is -0.399 e. The molecule has 0 spiro atoms. The van der Waals surface area contributed by atoms with Gasteiger partial charge in [0.1, 0.15) is 6.07 Å². The molecule has 1 heterocycles. The van der Waals surface area contributed by atoms with Crippen molar-refractivity contribution < 1.29 is 0 Å². The number of hydrogen-bond donors (Lipinski definition) is 1. The van der Waals surface area contributed by atoms with E-state index in [1.54, 1.807) is 11.3 Å². The summed E-state index contributed by atoms with van der Waals surface area (Å²) in [6.45, 7) is 2.16. The van der Waals surface area contributed by atoms with Gasteiger partial charge in [-0.3, -0.25) is 0 Å². The average molecular weight is 334 g/mol. The first-order valence-corrected chi connectivity index (χ1v) is 8.97. The van der Waals surface area contributed by atoms with Gasteiger partial charge >= 0.3 is 0 Å². The van der Waals surface area contributed by atoms with Gasteiger partial charge < -0.3 is 5.73 Å². The van der Waals surface area contributed by atoms with Gasteiger partial charge in [-0.1, -0.05) is 25.5 Å². The maximum atomic E-state index is 9.90. The largest absolute Gasteiger partial charge is 0.399 e. The molecule has 1 aromatic rings. The molecule has 0 amide bonds. The molecule has 120 valence electrons. The first-order valence-electron chi connectivity index (χ1n) is 8.09. The van der Waals surface area contributed by atoms with E-state index < -0.39 is 5.41 Å². The van der Waals surface area contributed by atoms with Crippen LogP contribution in [0.3, 0.4) is 0 Å². The first kappa shape index (κ1) is 16.3. The lowest BCUT2D eigenvalue weighted by molar-refractivity contribution is 0.274. The molecule has 2 aliphatic carbocycles. The number of hydrogen-bond acceptors (Lipinski definition) is 5. The Morgan fingerprint density at radius 3 is 2.62 bits per heavy atom. The SMILES string of the molecule is CC[C@H]1CC=C2C(C#N)=C(N)C(C#N)(C#N)[C@H](c3cccs3)[C@H]2C1. The standard InChI is InChI=1S/C19H18N4S/c1-2-12-5-6-13-14(8-12)17(16-4-3-7-24-16)19(10-21,11-22)18(23)15(13)9-20/h3-4,6-7,12,14,17H,2,5,8,23H2,1H3/t12-,14-,17-/m0/s1. The first-order chi connectivity index (χ1) is 11.6. The molecule has 3 rings (SSSR count). The van der Waals surface area contributed by atoms with Crippen LogP contribution in [0.2, 0.25) is 0 Å². The second-order valence-corrected chi connectivity index (χ2v) is 7.42. The van der Waals surface area contributed by atoms with E-state index in [4.69, 9.17) is 5.73 Å². The van der Waals surface area contributed by atoms with Crippen molar-refractivity contribution in [2.75, 3.05) is 0 Å². The van der Waals surface area contributed by atoms with Crippen LogP contribution in [0.1, 0.15) is 37.0 Å². The molecule has 0 saturated heterocycles. The summed E-state index contributed by atoms with van der Waals surface area (Å²) in [6.07, 6.45) is 4.95. The minimum atomic E-state index is -1.48. The summed E-state index contributed by atoms with van der Waals surface area (Å²) in [6, 6.07) is 10.4. The Balaban J connectivity index is 2.29. The highest BCUT2D eigenvalue weighted by Gasteiger charge is 2.54. The quantitative estimate of drug-likeness (QED) is 0.884. The van der Waals surface area contributed by atoms with Gasteiger partial charge in [0.15, 0.2) is 5.41 Å². The van der Waals surface area contributed by atoms with Gasteiger partial charge in [-0.05, 0) is 41.7 Å². The molecule has 0 unspecified atom stereocenters. The van der Waals surface area contributed by atoms with Gasteiger partial charge in [-0.15, -0.1) is 11.3 Å². The van der Waals surface area contributed by atoms with Crippen LogP contribution in [-0.2, 0) is 0 Å². The van der Waals surface area contributed by atoms with Crippen molar-refractivity contribution in [1.82, 2.24) is 0 Å². The van der Waals surface area contributed by atoms with Crippen LogP contribution in [0.4, 0.5) is 0 Å². The second kappa shape index (κ2) is 6.16. The van der Waals surface area contributed by atoms with E-state index >= 15 is 0 Å². The van der Waals surface area contributed by atoms with Crippen molar-refractivity contribution in [3.8, 4) is 18.2 Å². The van der Waals surface area contributed by atoms with E-state index in [2.05, 4.69) is 31.2 Å². The van der Waals surface area contributed by atoms with Gasteiger partial charge in [0.05, 0.1) is 23.4 Å². The number of rotatable bonds is 2. The predicted molar refractivity (Wildman–Crippen MR) is 92.1 cm³/mol. The number of thiophene rings is 1. The Bertz CT molecular complexity index is 812. The lowest BCUT2D eigenvalue weighted by Crippen LogP contribution is -2.43. The highest BCUT2D eigenvalue weighted by Crippen LogP contribution is 2.57. The molecule has 3 atom stereocenters. The van der Waals surface area contributed by atoms with Gasteiger partial charge in [0, 0.05) is 10.8 Å². The number of nitriles is 3. The zero-order chi connectivity index (χ0) is 17.3. The molecule has 0 bridgehead atoms. The van der Waals surface area contributed by atoms with E-state index in [1.165, 1.54) is 0 Å². The van der Waals surface area contributed by atoms with Gasteiger partial charge in [-0.25, -0.2) is 0 Å². The second-order valence-electron chi connectivity index (χ2n) is 6.44. The Morgan fingerprint density at radius 1 is 1.33 bits per heavy atom. The molecular weight excluding hydrogens is 316 g/mol. The normalized spacial score (nSPS) is 28.1. The van der Waals surface area contributed by atoms with Crippen LogP contribution in [-0.4, -0.2) is 0 Å². The molecule has 24 heavy (non-hydrogen) atoms. The van der Waals surface area contributed by atoms with Crippen LogP contribution < -0.4 is 5.73 Å². The van der Waals surface area contributed by atoms with Crippen molar-refractivity contribution in [3.05, 3.63) is 45.3 Å². The fraction of sp³-hybridized carbons (Fsp3) is 0.421. The molecule has 2 N–H and O–H groups in total. The van der Waals surface area contributed by atoms with E-state index in [-0.39, 0.29) is 17.5 Å². The highest BCUT2D eigenvalue weighted by atomic mass is 32.1.